The number of nitrogens with zero attached hydrogens (tertiary/aromatic N) is 3. The lowest BCUT2D eigenvalue weighted by Crippen LogP contribution is -2.05. The summed E-state index contributed by atoms with van der Waals surface area (Å²) in [5, 5.41) is 16.6. The van der Waals surface area contributed by atoms with Crippen LogP contribution in [0.25, 0.3) is 0 Å². The molecule has 26 heavy (non-hydrogen) atoms. The van der Waals surface area contributed by atoms with Gasteiger partial charge in [0.1, 0.15) is 12.4 Å². The third kappa shape index (κ3) is 4.69. The maximum Gasteiger partial charge on any atom is 0.263 e. The predicted octanol–water partition coefficient (Wildman–Crippen LogP) is 3.69. The quantitative estimate of drug-likeness (QED) is 0.576. The summed E-state index contributed by atoms with van der Waals surface area (Å²) in [6.07, 6.45) is 0. The Labute approximate surface area is 158 Å². The summed E-state index contributed by atoms with van der Waals surface area (Å²) in [5.74, 6) is 1.37. The standard InChI is InChI=1S/C17H17BrFN5O2/c1-2-25-15-7-12(9-20-17-21-23-24-22-17)14(18)8-16(15)26-10-11-3-5-13(19)6-4-11/h3-8H,2,9-10H2,1H3,(H2,20,21,22,23,24). The summed E-state index contributed by atoms with van der Waals surface area (Å²) in [7, 11) is 0. The second kappa shape index (κ2) is 8.61. The minimum absolute atomic E-state index is 0.273. The number of H-pyrrole nitrogens is 1. The van der Waals surface area contributed by atoms with Crippen molar-refractivity contribution < 1.29 is 13.9 Å². The van der Waals surface area contributed by atoms with Gasteiger partial charge in [-0.25, -0.2) is 4.39 Å². The summed E-state index contributed by atoms with van der Waals surface area (Å²) in [6, 6.07) is 9.93. The van der Waals surface area contributed by atoms with Gasteiger partial charge in [0.25, 0.3) is 5.95 Å². The molecule has 0 atom stereocenters. The molecule has 0 bridgehead atoms. The smallest absolute Gasteiger partial charge is 0.263 e. The molecule has 2 aromatic carbocycles. The van der Waals surface area contributed by atoms with Crippen LogP contribution in [0.1, 0.15) is 18.1 Å². The SMILES string of the molecule is CCOc1cc(CNc2nn[nH]n2)c(Br)cc1OCc1ccc(F)cc1. The van der Waals surface area contributed by atoms with E-state index in [9.17, 15) is 4.39 Å². The molecule has 1 aromatic heterocycles. The van der Waals surface area contributed by atoms with Crippen molar-refractivity contribution >= 4 is 21.9 Å². The van der Waals surface area contributed by atoms with Crippen molar-refractivity contribution in [2.45, 2.75) is 20.1 Å². The average molecular weight is 422 g/mol. The van der Waals surface area contributed by atoms with E-state index in [1.54, 1.807) is 12.1 Å². The molecule has 0 aliphatic heterocycles. The van der Waals surface area contributed by atoms with Crippen LogP contribution in [0.15, 0.2) is 40.9 Å². The van der Waals surface area contributed by atoms with Crippen LogP contribution in [-0.2, 0) is 13.2 Å². The number of hydrogen-bond donors (Lipinski definition) is 2. The van der Waals surface area contributed by atoms with E-state index < -0.39 is 0 Å². The number of tetrazole rings is 1. The maximum atomic E-state index is 13.0. The van der Waals surface area contributed by atoms with Crippen LogP contribution in [0.4, 0.5) is 10.3 Å². The summed E-state index contributed by atoms with van der Waals surface area (Å²) in [5.41, 5.74) is 1.82. The Morgan fingerprint density at radius 1 is 1.15 bits per heavy atom. The zero-order valence-electron chi connectivity index (χ0n) is 14.0. The molecule has 2 N–H and O–H groups in total. The number of hydrogen-bond acceptors (Lipinski definition) is 6. The Bertz CT molecular complexity index is 843. The highest BCUT2D eigenvalue weighted by atomic mass is 79.9. The van der Waals surface area contributed by atoms with Crippen molar-refractivity contribution in [1.29, 1.82) is 0 Å². The van der Waals surface area contributed by atoms with Gasteiger partial charge in [0.15, 0.2) is 11.5 Å². The van der Waals surface area contributed by atoms with Crippen LogP contribution in [0.5, 0.6) is 11.5 Å². The summed E-state index contributed by atoms with van der Waals surface area (Å²) < 4.78 is 25.4. The van der Waals surface area contributed by atoms with Crippen molar-refractivity contribution in [1.82, 2.24) is 20.6 Å². The monoisotopic (exact) mass is 421 g/mol. The molecule has 0 saturated heterocycles. The highest BCUT2D eigenvalue weighted by molar-refractivity contribution is 9.10. The van der Waals surface area contributed by atoms with Crippen LogP contribution in [0.2, 0.25) is 0 Å². The molecule has 0 aliphatic carbocycles. The Balaban J connectivity index is 1.73. The molecule has 3 rings (SSSR count). The Morgan fingerprint density at radius 3 is 2.62 bits per heavy atom. The van der Waals surface area contributed by atoms with Gasteiger partial charge in [-0.1, -0.05) is 33.2 Å². The molecule has 3 aromatic rings. The van der Waals surface area contributed by atoms with Gasteiger partial charge in [0.05, 0.1) is 6.61 Å². The first kappa shape index (κ1) is 18.1. The van der Waals surface area contributed by atoms with E-state index in [-0.39, 0.29) is 5.82 Å². The van der Waals surface area contributed by atoms with Crippen molar-refractivity contribution in [3.63, 3.8) is 0 Å². The van der Waals surface area contributed by atoms with Crippen LogP contribution in [0, 0.1) is 5.82 Å². The van der Waals surface area contributed by atoms with E-state index in [0.29, 0.717) is 37.2 Å². The third-order valence-electron chi connectivity index (χ3n) is 3.50. The normalized spacial score (nSPS) is 10.6. The largest absolute Gasteiger partial charge is 0.490 e. The van der Waals surface area contributed by atoms with Gasteiger partial charge in [-0.15, -0.1) is 5.10 Å². The summed E-state index contributed by atoms with van der Waals surface area (Å²) in [6.45, 7) is 3.21. The molecule has 0 spiro atoms. The van der Waals surface area contributed by atoms with E-state index in [2.05, 4.69) is 41.9 Å². The van der Waals surface area contributed by atoms with Crippen LogP contribution >= 0.6 is 15.9 Å². The molecule has 0 fully saturated rings. The predicted molar refractivity (Wildman–Crippen MR) is 97.5 cm³/mol. The number of rotatable bonds is 8. The number of benzene rings is 2. The van der Waals surface area contributed by atoms with Gasteiger partial charge in [-0.05, 0) is 47.5 Å². The number of aromatic amines is 1. The lowest BCUT2D eigenvalue weighted by Gasteiger charge is -2.15. The molecule has 0 amide bonds. The first-order chi connectivity index (χ1) is 12.7. The van der Waals surface area contributed by atoms with Gasteiger partial charge >= 0.3 is 0 Å². The number of ether oxygens (including phenoxy) is 2. The molecule has 1 heterocycles. The fraction of sp³-hybridized carbons (Fsp3) is 0.235. The fourth-order valence-electron chi connectivity index (χ4n) is 2.25. The van der Waals surface area contributed by atoms with E-state index in [0.717, 1.165) is 15.6 Å². The average Bonchev–Trinajstić information content (AvgIpc) is 3.15. The first-order valence-corrected chi connectivity index (χ1v) is 8.74. The highest BCUT2D eigenvalue weighted by Gasteiger charge is 2.12. The lowest BCUT2D eigenvalue weighted by atomic mass is 10.2. The Kier molecular flexibility index (Phi) is 6.00. The maximum absolute atomic E-state index is 13.0. The van der Waals surface area contributed by atoms with Crippen molar-refractivity contribution in [3.05, 3.63) is 57.8 Å². The van der Waals surface area contributed by atoms with Crippen molar-refractivity contribution in [2.75, 3.05) is 11.9 Å². The van der Waals surface area contributed by atoms with E-state index in [1.165, 1.54) is 12.1 Å². The molecule has 0 aliphatic rings. The number of anilines is 1. The lowest BCUT2D eigenvalue weighted by molar-refractivity contribution is 0.269. The molecular formula is C17H17BrFN5O2. The molecule has 0 radical (unpaired) electrons. The van der Waals surface area contributed by atoms with Crippen molar-refractivity contribution in [3.8, 4) is 11.5 Å². The minimum atomic E-state index is -0.273. The zero-order valence-corrected chi connectivity index (χ0v) is 15.6. The van der Waals surface area contributed by atoms with Gasteiger partial charge in [0, 0.05) is 11.0 Å². The first-order valence-electron chi connectivity index (χ1n) is 7.95. The summed E-state index contributed by atoms with van der Waals surface area (Å²) >= 11 is 3.54. The van der Waals surface area contributed by atoms with Crippen LogP contribution in [0.3, 0.4) is 0 Å². The topological polar surface area (TPSA) is 85.0 Å². The fourth-order valence-corrected chi connectivity index (χ4v) is 2.71. The second-order valence-electron chi connectivity index (χ2n) is 5.33. The molecule has 9 heteroatoms. The van der Waals surface area contributed by atoms with Gasteiger partial charge in [0.2, 0.25) is 0 Å². The molecular weight excluding hydrogens is 405 g/mol. The number of aromatic nitrogens is 4. The van der Waals surface area contributed by atoms with Gasteiger partial charge < -0.3 is 14.8 Å². The number of halogens is 2. The van der Waals surface area contributed by atoms with E-state index in [1.807, 2.05) is 19.1 Å². The molecule has 0 unspecified atom stereocenters. The van der Waals surface area contributed by atoms with Crippen molar-refractivity contribution in [2.24, 2.45) is 0 Å². The van der Waals surface area contributed by atoms with E-state index >= 15 is 0 Å². The van der Waals surface area contributed by atoms with Crippen LogP contribution < -0.4 is 14.8 Å². The molecule has 7 nitrogen and oxygen atoms in total. The highest BCUT2D eigenvalue weighted by Crippen LogP contribution is 2.34. The zero-order chi connectivity index (χ0) is 18.4. The molecule has 136 valence electrons. The Morgan fingerprint density at radius 2 is 1.92 bits per heavy atom. The van der Waals surface area contributed by atoms with E-state index in [4.69, 9.17) is 9.47 Å². The van der Waals surface area contributed by atoms with Crippen LogP contribution in [-0.4, -0.2) is 27.2 Å². The van der Waals surface area contributed by atoms with Gasteiger partial charge in [-0.3, -0.25) is 0 Å². The third-order valence-corrected chi connectivity index (χ3v) is 4.24. The molecule has 0 saturated carbocycles. The number of nitrogens with one attached hydrogen (secondary N) is 2. The minimum Gasteiger partial charge on any atom is -0.490 e. The second-order valence-corrected chi connectivity index (χ2v) is 6.18. The summed E-state index contributed by atoms with van der Waals surface area (Å²) in [4.78, 5) is 0. The van der Waals surface area contributed by atoms with Gasteiger partial charge in [-0.2, -0.15) is 5.21 Å². The Hall–Kier alpha value is -2.68.